The topological polar surface area (TPSA) is 79.3 Å². The van der Waals surface area contributed by atoms with Gasteiger partial charge in [0.05, 0.1) is 18.4 Å². The van der Waals surface area contributed by atoms with Gasteiger partial charge in [-0.3, -0.25) is 14.6 Å². The number of carboxylic acids is 1. The summed E-state index contributed by atoms with van der Waals surface area (Å²) in [5.41, 5.74) is 0.164. The lowest BCUT2D eigenvalue weighted by atomic mass is 9.74. The molecule has 0 radical (unpaired) electrons. The molecule has 0 unspecified atom stereocenters. The summed E-state index contributed by atoms with van der Waals surface area (Å²) in [4.78, 5) is 26.7. The first kappa shape index (κ1) is 12.5. The molecule has 1 saturated carbocycles. The van der Waals surface area contributed by atoms with Crippen LogP contribution < -0.4 is 5.32 Å². The number of hydrogen-bond donors (Lipinski definition) is 2. The monoisotopic (exact) mass is 248 g/mol. The largest absolute Gasteiger partial charge is 0.481 e. The molecule has 1 fully saturated rings. The van der Waals surface area contributed by atoms with Crippen molar-refractivity contribution in [2.75, 3.05) is 0 Å². The van der Waals surface area contributed by atoms with Crippen LogP contribution in [0.1, 0.15) is 31.4 Å². The molecule has 5 heteroatoms. The maximum absolute atomic E-state index is 11.9. The fourth-order valence-corrected chi connectivity index (χ4v) is 2.25. The number of nitrogens with zero attached hydrogens (tertiary/aromatic N) is 1. The van der Waals surface area contributed by atoms with Crippen LogP contribution in [0.15, 0.2) is 24.4 Å². The van der Waals surface area contributed by atoms with Crippen molar-refractivity contribution in [1.29, 1.82) is 0 Å². The van der Waals surface area contributed by atoms with Gasteiger partial charge in [0.25, 0.3) is 0 Å². The van der Waals surface area contributed by atoms with Gasteiger partial charge in [0.15, 0.2) is 0 Å². The summed E-state index contributed by atoms with van der Waals surface area (Å²) in [6.07, 6.45) is 4.29. The van der Waals surface area contributed by atoms with Crippen LogP contribution in [-0.4, -0.2) is 27.5 Å². The average molecular weight is 248 g/mol. The van der Waals surface area contributed by atoms with Gasteiger partial charge in [-0.15, -0.1) is 0 Å². The predicted molar refractivity (Wildman–Crippen MR) is 64.9 cm³/mol. The molecule has 0 aromatic carbocycles. The molecule has 2 N–H and O–H groups in total. The number of aliphatic carboxylic acids is 1. The summed E-state index contributed by atoms with van der Waals surface area (Å²) in [6.45, 7) is 0. The van der Waals surface area contributed by atoms with Crippen molar-refractivity contribution >= 4 is 11.9 Å². The summed E-state index contributed by atoms with van der Waals surface area (Å²) in [6, 6.07) is 5.40. The maximum Gasteiger partial charge on any atom is 0.305 e. The highest BCUT2D eigenvalue weighted by Gasteiger charge is 2.40. The van der Waals surface area contributed by atoms with Crippen LogP contribution in [0.4, 0.5) is 0 Å². The molecule has 5 nitrogen and oxygen atoms in total. The number of pyridine rings is 1. The third-order valence-electron chi connectivity index (χ3n) is 3.27. The van der Waals surface area contributed by atoms with Crippen LogP contribution in [0.2, 0.25) is 0 Å². The summed E-state index contributed by atoms with van der Waals surface area (Å²) in [7, 11) is 0. The molecule has 1 heterocycles. The maximum atomic E-state index is 11.9. The van der Waals surface area contributed by atoms with Gasteiger partial charge in [0.2, 0.25) is 5.91 Å². The van der Waals surface area contributed by atoms with Crippen LogP contribution in [0.3, 0.4) is 0 Å². The van der Waals surface area contributed by atoms with Gasteiger partial charge in [0, 0.05) is 11.9 Å². The molecule has 18 heavy (non-hydrogen) atoms. The van der Waals surface area contributed by atoms with Crippen LogP contribution in [-0.2, 0) is 16.0 Å². The minimum absolute atomic E-state index is 0.000951. The Morgan fingerprint density at radius 2 is 2.17 bits per heavy atom. The molecule has 1 aliphatic carbocycles. The van der Waals surface area contributed by atoms with Gasteiger partial charge in [0.1, 0.15) is 0 Å². The second-order valence-electron chi connectivity index (χ2n) is 4.75. The zero-order valence-corrected chi connectivity index (χ0v) is 10.1. The van der Waals surface area contributed by atoms with Crippen molar-refractivity contribution in [2.45, 2.75) is 37.6 Å². The summed E-state index contributed by atoms with van der Waals surface area (Å²) >= 11 is 0. The van der Waals surface area contributed by atoms with Crippen molar-refractivity contribution in [3.8, 4) is 0 Å². The Kier molecular flexibility index (Phi) is 3.60. The molecule has 0 atom stereocenters. The van der Waals surface area contributed by atoms with Crippen LogP contribution in [0, 0.1) is 0 Å². The highest BCUT2D eigenvalue weighted by Crippen LogP contribution is 2.34. The van der Waals surface area contributed by atoms with Crippen LogP contribution in [0.5, 0.6) is 0 Å². The lowest BCUT2D eigenvalue weighted by molar-refractivity contribution is -0.140. The zero-order valence-electron chi connectivity index (χ0n) is 10.1. The van der Waals surface area contributed by atoms with Crippen LogP contribution >= 0.6 is 0 Å². The second-order valence-corrected chi connectivity index (χ2v) is 4.75. The number of amides is 1. The highest BCUT2D eigenvalue weighted by atomic mass is 16.4. The molecule has 1 amide bonds. The highest BCUT2D eigenvalue weighted by molar-refractivity contribution is 5.80. The van der Waals surface area contributed by atoms with Gasteiger partial charge in [-0.2, -0.15) is 0 Å². The molecule has 1 aromatic heterocycles. The number of carbonyl (C=O) groups is 2. The van der Waals surface area contributed by atoms with E-state index in [1.807, 2.05) is 6.07 Å². The molecule has 1 aliphatic rings. The first-order valence-electron chi connectivity index (χ1n) is 6.02. The summed E-state index contributed by atoms with van der Waals surface area (Å²) in [5.74, 6) is -1.03. The number of nitrogens with one attached hydrogen (secondary N) is 1. The van der Waals surface area contributed by atoms with Gasteiger partial charge in [-0.25, -0.2) is 0 Å². The Morgan fingerprint density at radius 1 is 1.39 bits per heavy atom. The summed E-state index contributed by atoms with van der Waals surface area (Å²) in [5, 5.41) is 11.7. The van der Waals surface area contributed by atoms with Gasteiger partial charge < -0.3 is 10.4 Å². The molecule has 96 valence electrons. The van der Waals surface area contributed by atoms with Gasteiger partial charge in [-0.05, 0) is 31.4 Å². The average Bonchev–Trinajstić information content (AvgIpc) is 2.26. The van der Waals surface area contributed by atoms with E-state index in [0.29, 0.717) is 5.69 Å². The molecule has 0 spiro atoms. The van der Waals surface area contributed by atoms with Crippen LogP contribution in [0.25, 0.3) is 0 Å². The van der Waals surface area contributed by atoms with Crippen molar-refractivity contribution in [3.05, 3.63) is 30.1 Å². The van der Waals surface area contributed by atoms with E-state index in [1.165, 1.54) is 0 Å². The quantitative estimate of drug-likeness (QED) is 0.819. The Balaban J connectivity index is 1.92. The molecular weight excluding hydrogens is 232 g/mol. The Bertz CT molecular complexity index is 441. The lowest BCUT2D eigenvalue weighted by Crippen LogP contribution is -2.55. The molecule has 1 aromatic rings. The number of rotatable bonds is 5. The normalized spacial score (nSPS) is 16.7. The Morgan fingerprint density at radius 3 is 2.67 bits per heavy atom. The third kappa shape index (κ3) is 3.06. The first-order valence-corrected chi connectivity index (χ1v) is 6.02. The van der Waals surface area contributed by atoms with E-state index in [9.17, 15) is 9.59 Å². The number of carboxylic acid groups (broad SMARTS) is 1. The van der Waals surface area contributed by atoms with Crippen molar-refractivity contribution in [1.82, 2.24) is 10.3 Å². The SMILES string of the molecule is O=C(O)CC1(NC(=O)Cc2ccccn2)CCC1. The number of carbonyl (C=O) groups excluding carboxylic acids is 1. The number of hydrogen-bond acceptors (Lipinski definition) is 3. The van der Waals surface area contributed by atoms with Gasteiger partial charge in [-0.1, -0.05) is 6.07 Å². The van der Waals surface area contributed by atoms with E-state index in [2.05, 4.69) is 10.3 Å². The number of aromatic nitrogens is 1. The zero-order chi connectivity index (χ0) is 13.0. The van der Waals surface area contributed by atoms with Crippen molar-refractivity contribution in [2.24, 2.45) is 0 Å². The fraction of sp³-hybridized carbons (Fsp3) is 0.462. The van der Waals surface area contributed by atoms with E-state index in [0.717, 1.165) is 19.3 Å². The predicted octanol–water partition coefficient (Wildman–Crippen LogP) is 1.14. The lowest BCUT2D eigenvalue weighted by Gasteiger charge is -2.41. The smallest absolute Gasteiger partial charge is 0.305 e. The van der Waals surface area contributed by atoms with E-state index < -0.39 is 11.5 Å². The van der Waals surface area contributed by atoms with E-state index >= 15 is 0 Å². The third-order valence-corrected chi connectivity index (χ3v) is 3.27. The molecule has 0 aliphatic heterocycles. The molecule has 0 bridgehead atoms. The molecule has 0 saturated heterocycles. The van der Waals surface area contributed by atoms with Crippen molar-refractivity contribution < 1.29 is 14.7 Å². The fourth-order valence-electron chi connectivity index (χ4n) is 2.25. The molecular formula is C13H16N2O3. The summed E-state index contributed by atoms with van der Waals surface area (Å²) < 4.78 is 0. The van der Waals surface area contributed by atoms with E-state index in [1.54, 1.807) is 18.3 Å². The van der Waals surface area contributed by atoms with E-state index in [-0.39, 0.29) is 18.7 Å². The first-order chi connectivity index (χ1) is 8.60. The van der Waals surface area contributed by atoms with Crippen molar-refractivity contribution in [3.63, 3.8) is 0 Å². The Labute approximate surface area is 105 Å². The van der Waals surface area contributed by atoms with Gasteiger partial charge >= 0.3 is 5.97 Å². The Hall–Kier alpha value is -1.91. The second kappa shape index (κ2) is 5.16. The standard InChI is InChI=1S/C13H16N2O3/c16-11(8-10-4-1-2-7-14-10)15-13(5-3-6-13)9-12(17)18/h1-2,4,7H,3,5-6,8-9H2,(H,15,16)(H,17,18). The van der Waals surface area contributed by atoms with E-state index in [4.69, 9.17) is 5.11 Å². The minimum Gasteiger partial charge on any atom is -0.481 e. The molecule has 2 rings (SSSR count). The minimum atomic E-state index is -0.868.